The van der Waals surface area contributed by atoms with Gasteiger partial charge < -0.3 is 9.11 Å². The summed E-state index contributed by atoms with van der Waals surface area (Å²) in [6.07, 6.45) is 51.7. The first-order valence-corrected chi connectivity index (χ1v) is 32.8. The molecule has 0 aromatic heterocycles. The predicted molar refractivity (Wildman–Crippen MR) is 313 cm³/mol. The average Bonchev–Trinajstić information content (AvgIpc) is 3.36. The summed E-state index contributed by atoms with van der Waals surface area (Å²) in [6, 6.07) is 18.2. The van der Waals surface area contributed by atoms with Crippen LogP contribution in [0.15, 0.2) is 70.5 Å². The molecule has 0 N–H and O–H groups in total. The van der Waals surface area contributed by atoms with E-state index >= 15 is 0 Å². The molecule has 0 saturated carbocycles. The van der Waals surface area contributed by atoms with Crippen molar-refractivity contribution in [2.45, 2.75) is 294 Å². The van der Waals surface area contributed by atoms with Gasteiger partial charge in [-0.2, -0.15) is 0 Å². The van der Waals surface area contributed by atoms with Gasteiger partial charge in [0.15, 0.2) is 0 Å². The van der Waals surface area contributed by atoms with E-state index < -0.39 is 20.2 Å². The Labute approximate surface area is 478 Å². The van der Waals surface area contributed by atoms with Crippen molar-refractivity contribution in [2.75, 3.05) is 0 Å². The number of benzene rings is 4. The van der Waals surface area contributed by atoms with Gasteiger partial charge in [0.2, 0.25) is 0 Å². The molecule has 9 heteroatoms. The SMILES string of the molecule is CCCCCCCCCCCc1ccc2cc(S(=O)(=O)[O-])ccc2c1CCCCCCCCCCC.CCCCCCCCCCCc1ccc2cc(S(=O)(=O)[O-])ccc2c1CCCCCCCCCCC.[Ca+2]. The van der Waals surface area contributed by atoms with Crippen molar-refractivity contribution in [1.29, 1.82) is 0 Å². The van der Waals surface area contributed by atoms with Crippen LogP contribution in [0.3, 0.4) is 0 Å². The molecule has 4 rings (SSSR count). The van der Waals surface area contributed by atoms with Crippen molar-refractivity contribution in [3.63, 3.8) is 0 Å². The Balaban J connectivity index is 0.000000493. The average molecular weight is 1070 g/mol. The Bertz CT molecular complexity index is 2100. The van der Waals surface area contributed by atoms with E-state index in [9.17, 15) is 25.9 Å². The summed E-state index contributed by atoms with van der Waals surface area (Å²) in [4.78, 5) is -0.258. The van der Waals surface area contributed by atoms with E-state index in [1.807, 2.05) is 24.3 Å². The van der Waals surface area contributed by atoms with Crippen molar-refractivity contribution in [2.24, 2.45) is 0 Å². The molecule has 408 valence electrons. The minimum absolute atomic E-state index is 0. The zero-order valence-electron chi connectivity index (χ0n) is 47.0. The molecule has 0 atom stereocenters. The molecular formula is C64H102CaO6S2. The third-order valence-corrected chi connectivity index (χ3v) is 16.8. The molecule has 0 aliphatic heterocycles. The molecule has 0 aliphatic rings. The second kappa shape index (κ2) is 41.6. The number of unbranched alkanes of at least 4 members (excludes halogenated alkanes) is 32. The van der Waals surface area contributed by atoms with Gasteiger partial charge in [0.25, 0.3) is 0 Å². The Kier molecular flexibility index (Phi) is 38.5. The first-order chi connectivity index (χ1) is 34.9. The van der Waals surface area contributed by atoms with Gasteiger partial charge in [0.1, 0.15) is 20.2 Å². The van der Waals surface area contributed by atoms with Gasteiger partial charge in [-0.05, 0) is 119 Å². The summed E-state index contributed by atoms with van der Waals surface area (Å²) < 4.78 is 69.2. The van der Waals surface area contributed by atoms with E-state index in [0.29, 0.717) is 0 Å². The van der Waals surface area contributed by atoms with Crippen LogP contribution in [0.2, 0.25) is 0 Å². The largest absolute Gasteiger partial charge is 2.00 e. The van der Waals surface area contributed by atoms with Crippen LogP contribution in [0.4, 0.5) is 0 Å². The van der Waals surface area contributed by atoms with Gasteiger partial charge >= 0.3 is 37.7 Å². The zero-order chi connectivity index (χ0) is 52.1. The third kappa shape index (κ3) is 29.2. The van der Waals surface area contributed by atoms with Gasteiger partial charge in [0.05, 0.1) is 9.79 Å². The van der Waals surface area contributed by atoms with Crippen LogP contribution in [0.25, 0.3) is 21.5 Å². The van der Waals surface area contributed by atoms with E-state index in [-0.39, 0.29) is 47.5 Å². The van der Waals surface area contributed by atoms with Crippen LogP contribution in [-0.2, 0) is 45.9 Å². The van der Waals surface area contributed by atoms with Gasteiger partial charge in [-0.25, -0.2) is 16.8 Å². The molecule has 6 nitrogen and oxygen atoms in total. The molecule has 0 radical (unpaired) electrons. The molecule has 0 spiro atoms. The van der Waals surface area contributed by atoms with Crippen LogP contribution < -0.4 is 0 Å². The molecule has 0 saturated heterocycles. The minimum Gasteiger partial charge on any atom is -0.744 e. The maximum Gasteiger partial charge on any atom is 2.00 e. The molecule has 4 aromatic carbocycles. The summed E-state index contributed by atoms with van der Waals surface area (Å²) in [6.45, 7) is 9.05. The van der Waals surface area contributed by atoms with Crippen molar-refractivity contribution >= 4 is 79.5 Å². The fraction of sp³-hybridized carbons (Fsp3) is 0.688. The first kappa shape index (κ1) is 67.6. The predicted octanol–water partition coefficient (Wildman–Crippen LogP) is 19.4. The molecule has 0 heterocycles. The second-order valence-corrected chi connectivity index (χ2v) is 24.2. The van der Waals surface area contributed by atoms with Gasteiger partial charge in [-0.3, -0.25) is 0 Å². The Morgan fingerprint density at radius 1 is 0.301 bits per heavy atom. The molecule has 73 heavy (non-hydrogen) atoms. The molecule has 0 aliphatic carbocycles. The normalized spacial score (nSPS) is 11.8. The topological polar surface area (TPSA) is 114 Å². The summed E-state index contributed by atoms with van der Waals surface area (Å²) in [5, 5.41) is 3.98. The Morgan fingerprint density at radius 2 is 0.534 bits per heavy atom. The summed E-state index contributed by atoms with van der Waals surface area (Å²) >= 11 is 0. The van der Waals surface area contributed by atoms with Crippen LogP contribution in [0.1, 0.15) is 281 Å². The molecule has 0 fully saturated rings. The summed E-state index contributed by atoms with van der Waals surface area (Å²) in [7, 11) is -8.87. The van der Waals surface area contributed by atoms with E-state index in [1.165, 1.54) is 266 Å². The Morgan fingerprint density at radius 3 is 0.781 bits per heavy atom. The van der Waals surface area contributed by atoms with Gasteiger partial charge in [-0.1, -0.05) is 270 Å². The molecular weight excluding hydrogens is 969 g/mol. The minimum atomic E-state index is -4.43. The van der Waals surface area contributed by atoms with Crippen LogP contribution in [-0.4, -0.2) is 63.7 Å². The van der Waals surface area contributed by atoms with Crippen molar-refractivity contribution in [1.82, 2.24) is 0 Å². The number of hydrogen-bond acceptors (Lipinski definition) is 6. The number of rotatable bonds is 42. The van der Waals surface area contributed by atoms with E-state index in [4.69, 9.17) is 0 Å². The fourth-order valence-corrected chi connectivity index (χ4v) is 11.7. The van der Waals surface area contributed by atoms with E-state index in [1.54, 1.807) is 12.1 Å². The fourth-order valence-electron chi connectivity index (χ4n) is 10.7. The zero-order valence-corrected chi connectivity index (χ0v) is 50.9. The summed E-state index contributed by atoms with van der Waals surface area (Å²) in [5.74, 6) is 0. The number of hydrogen-bond donors (Lipinski definition) is 0. The molecule has 0 bridgehead atoms. The van der Waals surface area contributed by atoms with Gasteiger partial charge in [0, 0.05) is 0 Å². The van der Waals surface area contributed by atoms with Crippen LogP contribution in [0.5, 0.6) is 0 Å². The molecule has 4 aromatic rings. The Hall–Kier alpha value is -1.52. The standard InChI is InChI=1S/2C32H52O3S.Ca/c2*1-3-5-7-9-11-13-15-17-19-21-28-23-24-29-27-30(36(33,34)35)25-26-32(29)31(28)22-20-18-16-14-12-10-8-6-4-2;/h2*23-27H,3-22H2,1-2H3,(H,33,34,35);/q;;+2/p-2. The smallest absolute Gasteiger partial charge is 0.744 e. The maximum absolute atomic E-state index is 11.5. The van der Waals surface area contributed by atoms with Gasteiger partial charge in [-0.15, -0.1) is 0 Å². The van der Waals surface area contributed by atoms with Crippen LogP contribution >= 0.6 is 0 Å². The first-order valence-electron chi connectivity index (χ1n) is 29.9. The second-order valence-electron chi connectivity index (χ2n) is 21.4. The van der Waals surface area contributed by atoms with E-state index in [2.05, 4.69) is 39.8 Å². The van der Waals surface area contributed by atoms with E-state index in [0.717, 1.165) is 47.2 Å². The van der Waals surface area contributed by atoms with Crippen LogP contribution in [0, 0.1) is 0 Å². The number of fused-ring (bicyclic) bond motifs is 2. The maximum atomic E-state index is 11.5. The molecule has 0 amide bonds. The number of aryl methyl sites for hydroxylation is 4. The van der Waals surface area contributed by atoms with Crippen molar-refractivity contribution in [3.05, 3.63) is 82.9 Å². The van der Waals surface area contributed by atoms with Crippen molar-refractivity contribution in [3.8, 4) is 0 Å². The quantitative estimate of drug-likeness (QED) is 0.0248. The third-order valence-electron chi connectivity index (χ3n) is 15.1. The molecule has 0 unspecified atom stereocenters. The monoisotopic (exact) mass is 1070 g/mol. The van der Waals surface area contributed by atoms with Crippen molar-refractivity contribution < 1.29 is 25.9 Å². The summed E-state index contributed by atoms with van der Waals surface area (Å²) in [5.41, 5.74) is 5.54.